The minimum Gasteiger partial charge on any atom is -0.360 e. The van der Waals surface area contributed by atoms with Crippen molar-refractivity contribution >= 4 is 23.3 Å². The van der Waals surface area contributed by atoms with E-state index in [1.807, 2.05) is 13.0 Å². The van der Waals surface area contributed by atoms with Crippen LogP contribution in [0.2, 0.25) is 0 Å². The normalized spacial score (nSPS) is 13.7. The summed E-state index contributed by atoms with van der Waals surface area (Å²) in [7, 11) is 0. The fraction of sp³-hybridized carbons (Fsp3) is 0.250. The molecule has 1 aromatic carbocycles. The van der Waals surface area contributed by atoms with Crippen LogP contribution in [0.5, 0.6) is 0 Å². The van der Waals surface area contributed by atoms with Crippen molar-refractivity contribution in [3.05, 3.63) is 47.9 Å². The molecule has 0 atom stereocenters. The lowest BCUT2D eigenvalue weighted by Crippen LogP contribution is -2.26. The van der Waals surface area contributed by atoms with E-state index in [0.29, 0.717) is 17.6 Å². The first-order chi connectivity index (χ1) is 11.3. The zero-order valence-corrected chi connectivity index (χ0v) is 12.7. The SMILES string of the molecule is Cc1cc(Nc2cnnc(N3CCCc4ccccc43)n2)no1. The lowest BCUT2D eigenvalue weighted by atomic mass is 10.0. The van der Waals surface area contributed by atoms with Crippen molar-refractivity contribution < 1.29 is 4.52 Å². The Morgan fingerprint density at radius 2 is 2.13 bits per heavy atom. The summed E-state index contributed by atoms with van der Waals surface area (Å²) in [6.45, 7) is 2.72. The molecule has 2 aromatic heterocycles. The number of nitrogens with zero attached hydrogens (tertiary/aromatic N) is 5. The highest BCUT2D eigenvalue weighted by Gasteiger charge is 2.20. The molecular formula is C16H16N6O. The van der Waals surface area contributed by atoms with Crippen LogP contribution in [0.3, 0.4) is 0 Å². The van der Waals surface area contributed by atoms with Gasteiger partial charge in [-0.2, -0.15) is 10.1 Å². The predicted molar refractivity (Wildman–Crippen MR) is 86.1 cm³/mol. The number of hydrogen-bond acceptors (Lipinski definition) is 7. The highest BCUT2D eigenvalue weighted by molar-refractivity contribution is 5.64. The number of para-hydroxylation sites is 1. The average molecular weight is 308 g/mol. The van der Waals surface area contributed by atoms with Gasteiger partial charge in [0, 0.05) is 18.3 Å². The molecule has 0 saturated heterocycles. The maximum absolute atomic E-state index is 5.04. The quantitative estimate of drug-likeness (QED) is 0.796. The second-order valence-corrected chi connectivity index (χ2v) is 5.47. The summed E-state index contributed by atoms with van der Waals surface area (Å²) < 4.78 is 5.04. The van der Waals surface area contributed by atoms with E-state index in [4.69, 9.17) is 4.52 Å². The maximum atomic E-state index is 5.04. The lowest BCUT2D eigenvalue weighted by Gasteiger charge is -2.29. The molecule has 0 saturated carbocycles. The van der Waals surface area contributed by atoms with E-state index in [0.717, 1.165) is 30.8 Å². The van der Waals surface area contributed by atoms with Crippen molar-refractivity contribution in [1.82, 2.24) is 20.3 Å². The Hall–Kier alpha value is -2.96. The van der Waals surface area contributed by atoms with Crippen molar-refractivity contribution in [2.45, 2.75) is 19.8 Å². The van der Waals surface area contributed by atoms with Crippen LogP contribution < -0.4 is 10.2 Å². The first-order valence-electron chi connectivity index (χ1n) is 7.55. The van der Waals surface area contributed by atoms with Gasteiger partial charge in [-0.1, -0.05) is 23.4 Å². The Morgan fingerprint density at radius 3 is 3.00 bits per heavy atom. The molecular weight excluding hydrogens is 292 g/mol. The molecule has 23 heavy (non-hydrogen) atoms. The minimum absolute atomic E-state index is 0.586. The van der Waals surface area contributed by atoms with Crippen molar-refractivity contribution in [2.75, 3.05) is 16.8 Å². The monoisotopic (exact) mass is 308 g/mol. The summed E-state index contributed by atoms with van der Waals surface area (Å²) in [5, 5.41) is 15.2. The van der Waals surface area contributed by atoms with Gasteiger partial charge in [0.15, 0.2) is 11.6 Å². The fourth-order valence-electron chi connectivity index (χ4n) is 2.77. The van der Waals surface area contributed by atoms with Gasteiger partial charge in [0.05, 0.1) is 6.20 Å². The summed E-state index contributed by atoms with van der Waals surface area (Å²) >= 11 is 0. The van der Waals surface area contributed by atoms with Crippen LogP contribution in [-0.4, -0.2) is 26.9 Å². The molecule has 0 amide bonds. The van der Waals surface area contributed by atoms with Crippen molar-refractivity contribution in [1.29, 1.82) is 0 Å². The van der Waals surface area contributed by atoms with Gasteiger partial charge in [-0.25, -0.2) is 0 Å². The first kappa shape index (κ1) is 13.7. The molecule has 3 heterocycles. The number of aromatic nitrogens is 4. The van der Waals surface area contributed by atoms with Gasteiger partial charge >= 0.3 is 0 Å². The summed E-state index contributed by atoms with van der Waals surface area (Å²) in [5.41, 5.74) is 2.46. The molecule has 3 aromatic rings. The summed E-state index contributed by atoms with van der Waals surface area (Å²) in [6.07, 6.45) is 3.72. The van der Waals surface area contributed by atoms with E-state index in [2.05, 4.69) is 48.8 Å². The number of benzene rings is 1. The summed E-state index contributed by atoms with van der Waals surface area (Å²) in [4.78, 5) is 6.66. The van der Waals surface area contributed by atoms with E-state index in [-0.39, 0.29) is 0 Å². The van der Waals surface area contributed by atoms with Crippen molar-refractivity contribution in [3.63, 3.8) is 0 Å². The molecule has 0 unspecified atom stereocenters. The van der Waals surface area contributed by atoms with Gasteiger partial charge < -0.3 is 14.7 Å². The topological polar surface area (TPSA) is 80.0 Å². The van der Waals surface area contributed by atoms with E-state index >= 15 is 0 Å². The van der Waals surface area contributed by atoms with Gasteiger partial charge in [-0.3, -0.25) is 0 Å². The molecule has 0 fully saturated rings. The number of aryl methyl sites for hydroxylation is 2. The van der Waals surface area contributed by atoms with Crippen LogP contribution in [0.1, 0.15) is 17.7 Å². The third-order valence-corrected chi connectivity index (χ3v) is 3.78. The molecule has 7 heteroatoms. The number of nitrogens with one attached hydrogen (secondary N) is 1. The highest BCUT2D eigenvalue weighted by Crippen LogP contribution is 2.31. The van der Waals surface area contributed by atoms with E-state index in [1.54, 1.807) is 12.3 Å². The molecule has 0 radical (unpaired) electrons. The Morgan fingerprint density at radius 1 is 1.22 bits per heavy atom. The molecule has 116 valence electrons. The van der Waals surface area contributed by atoms with E-state index < -0.39 is 0 Å². The van der Waals surface area contributed by atoms with Crippen molar-refractivity contribution in [3.8, 4) is 0 Å². The Labute approximate surface area is 133 Å². The average Bonchev–Trinajstić information content (AvgIpc) is 2.99. The van der Waals surface area contributed by atoms with Crippen LogP contribution in [0.25, 0.3) is 0 Å². The van der Waals surface area contributed by atoms with Crippen LogP contribution >= 0.6 is 0 Å². The molecule has 0 bridgehead atoms. The third kappa shape index (κ3) is 2.73. The zero-order chi connectivity index (χ0) is 15.6. The summed E-state index contributed by atoms with van der Waals surface area (Å²) in [5.74, 6) is 2.52. The third-order valence-electron chi connectivity index (χ3n) is 3.78. The number of fused-ring (bicyclic) bond motifs is 1. The van der Waals surface area contributed by atoms with E-state index in [9.17, 15) is 0 Å². The molecule has 1 aliphatic rings. The Kier molecular flexibility index (Phi) is 3.38. The molecule has 7 nitrogen and oxygen atoms in total. The molecule has 0 spiro atoms. The standard InChI is InChI=1S/C16H16N6O/c1-11-9-14(21-23-11)18-15-10-17-20-16(19-15)22-8-4-6-12-5-2-3-7-13(12)22/h2-3,5,7,9-10H,4,6,8H2,1H3,(H,18,19,20,21). The van der Waals surface area contributed by atoms with Crippen LogP contribution in [0.15, 0.2) is 41.1 Å². The van der Waals surface area contributed by atoms with Gasteiger partial charge in [0.25, 0.3) is 5.95 Å². The van der Waals surface area contributed by atoms with Crippen LogP contribution in [0, 0.1) is 6.92 Å². The fourth-order valence-corrected chi connectivity index (χ4v) is 2.77. The predicted octanol–water partition coefficient (Wildman–Crippen LogP) is 3.00. The van der Waals surface area contributed by atoms with E-state index in [1.165, 1.54) is 5.56 Å². The van der Waals surface area contributed by atoms with Crippen molar-refractivity contribution in [2.24, 2.45) is 0 Å². The van der Waals surface area contributed by atoms with Gasteiger partial charge in [0.1, 0.15) is 5.76 Å². The molecule has 1 aliphatic heterocycles. The Balaban J connectivity index is 1.64. The van der Waals surface area contributed by atoms with Gasteiger partial charge in [-0.15, -0.1) is 5.10 Å². The van der Waals surface area contributed by atoms with Crippen LogP contribution in [-0.2, 0) is 6.42 Å². The number of rotatable bonds is 3. The second kappa shape index (κ2) is 5.68. The second-order valence-electron chi connectivity index (χ2n) is 5.47. The molecule has 1 N–H and O–H groups in total. The highest BCUT2D eigenvalue weighted by atomic mass is 16.5. The number of hydrogen-bond donors (Lipinski definition) is 1. The minimum atomic E-state index is 0.586. The Bertz CT molecular complexity index is 831. The molecule has 0 aliphatic carbocycles. The molecule has 4 rings (SSSR count). The smallest absolute Gasteiger partial charge is 0.251 e. The zero-order valence-electron chi connectivity index (χ0n) is 12.7. The van der Waals surface area contributed by atoms with Gasteiger partial charge in [-0.05, 0) is 31.4 Å². The van der Waals surface area contributed by atoms with Gasteiger partial charge in [0.2, 0.25) is 0 Å². The first-order valence-corrected chi connectivity index (χ1v) is 7.55. The number of anilines is 4. The maximum Gasteiger partial charge on any atom is 0.251 e. The lowest BCUT2D eigenvalue weighted by molar-refractivity contribution is 0.400. The largest absolute Gasteiger partial charge is 0.360 e. The van der Waals surface area contributed by atoms with Crippen LogP contribution in [0.4, 0.5) is 23.3 Å². The summed E-state index contributed by atoms with van der Waals surface area (Å²) in [6, 6.07) is 10.1.